The lowest BCUT2D eigenvalue weighted by Crippen LogP contribution is -2.41. The van der Waals surface area contributed by atoms with Crippen molar-refractivity contribution in [2.45, 2.75) is 19.0 Å². The summed E-state index contributed by atoms with van der Waals surface area (Å²) in [6.45, 7) is 1.31. The summed E-state index contributed by atoms with van der Waals surface area (Å²) >= 11 is 12.1. The number of benzene rings is 2. The quantitative estimate of drug-likeness (QED) is 0.831. The zero-order valence-electron chi connectivity index (χ0n) is 12.6. The number of hydrogen-bond acceptors (Lipinski definition) is 2. The van der Waals surface area contributed by atoms with Crippen LogP contribution in [0.15, 0.2) is 42.5 Å². The zero-order chi connectivity index (χ0) is 17.5. The number of nitrogens with zero attached hydrogens (tertiary/aromatic N) is 1. The summed E-state index contributed by atoms with van der Waals surface area (Å²) in [7, 11) is 0. The smallest absolute Gasteiger partial charge is 0.319 e. The maximum Gasteiger partial charge on any atom is 0.325 e. The number of imide groups is 1. The third-order valence-corrected chi connectivity index (χ3v) is 4.75. The van der Waals surface area contributed by atoms with Gasteiger partial charge in [0.25, 0.3) is 5.91 Å². The first-order chi connectivity index (χ1) is 11.3. The van der Waals surface area contributed by atoms with Crippen molar-refractivity contribution < 1.29 is 14.0 Å². The summed E-state index contributed by atoms with van der Waals surface area (Å²) in [5, 5.41) is 3.15. The standard InChI is InChI=1S/C17H13Cl2FN2O2/c1-17(11-5-2-3-6-13(11)19)15(23)22(16(24)21-17)9-10-12(18)7-4-8-14(10)20/h2-8H,9H2,1H3,(H,21,24)/t17-/m1/s1. The molecule has 1 atom stereocenters. The molecule has 0 bridgehead atoms. The lowest BCUT2D eigenvalue weighted by Gasteiger charge is -2.23. The minimum Gasteiger partial charge on any atom is -0.319 e. The molecule has 7 heteroatoms. The molecule has 0 spiro atoms. The number of amides is 3. The number of rotatable bonds is 3. The van der Waals surface area contributed by atoms with Crippen LogP contribution in [0.5, 0.6) is 0 Å². The molecule has 0 saturated carbocycles. The van der Waals surface area contributed by atoms with Gasteiger partial charge >= 0.3 is 6.03 Å². The van der Waals surface area contributed by atoms with Crippen LogP contribution in [0.1, 0.15) is 18.1 Å². The van der Waals surface area contributed by atoms with Gasteiger partial charge in [-0.15, -0.1) is 0 Å². The Labute approximate surface area is 148 Å². The molecule has 2 aromatic carbocycles. The predicted molar refractivity (Wildman–Crippen MR) is 89.3 cm³/mol. The van der Waals surface area contributed by atoms with E-state index in [-0.39, 0.29) is 17.1 Å². The number of carbonyl (C=O) groups is 2. The van der Waals surface area contributed by atoms with Crippen LogP contribution < -0.4 is 5.32 Å². The van der Waals surface area contributed by atoms with Crippen LogP contribution in [0.2, 0.25) is 10.0 Å². The van der Waals surface area contributed by atoms with Gasteiger partial charge in [-0.05, 0) is 25.1 Å². The maximum atomic E-state index is 14.0. The molecule has 0 aromatic heterocycles. The van der Waals surface area contributed by atoms with E-state index < -0.39 is 23.3 Å². The highest BCUT2D eigenvalue weighted by atomic mass is 35.5. The van der Waals surface area contributed by atoms with Gasteiger partial charge in [-0.25, -0.2) is 9.18 Å². The second-order valence-electron chi connectivity index (χ2n) is 5.63. The first-order valence-electron chi connectivity index (χ1n) is 7.16. The van der Waals surface area contributed by atoms with E-state index >= 15 is 0 Å². The molecule has 1 N–H and O–H groups in total. The van der Waals surface area contributed by atoms with Crippen molar-refractivity contribution in [3.63, 3.8) is 0 Å². The van der Waals surface area contributed by atoms with Crippen molar-refractivity contribution in [1.29, 1.82) is 0 Å². The fraction of sp³-hybridized carbons (Fsp3) is 0.176. The van der Waals surface area contributed by atoms with Crippen LogP contribution in [0.3, 0.4) is 0 Å². The summed E-state index contributed by atoms with van der Waals surface area (Å²) < 4.78 is 14.0. The van der Waals surface area contributed by atoms with E-state index in [1.54, 1.807) is 31.2 Å². The minimum absolute atomic E-state index is 0.0890. The molecule has 1 saturated heterocycles. The Morgan fingerprint density at radius 1 is 1.08 bits per heavy atom. The monoisotopic (exact) mass is 366 g/mol. The van der Waals surface area contributed by atoms with Gasteiger partial charge in [0.1, 0.15) is 11.4 Å². The third kappa shape index (κ3) is 2.64. The first kappa shape index (κ1) is 16.7. The van der Waals surface area contributed by atoms with Gasteiger partial charge in [-0.3, -0.25) is 9.69 Å². The van der Waals surface area contributed by atoms with E-state index in [2.05, 4.69) is 5.32 Å². The SMILES string of the molecule is C[C@]1(c2ccccc2Cl)NC(=O)N(Cc2c(F)cccc2Cl)C1=O. The highest BCUT2D eigenvalue weighted by molar-refractivity contribution is 6.32. The van der Waals surface area contributed by atoms with Gasteiger partial charge in [0.2, 0.25) is 0 Å². The number of urea groups is 1. The molecule has 4 nitrogen and oxygen atoms in total. The molecular weight excluding hydrogens is 354 g/mol. The highest BCUT2D eigenvalue weighted by Gasteiger charge is 2.50. The van der Waals surface area contributed by atoms with Gasteiger partial charge in [0.15, 0.2) is 0 Å². The highest BCUT2D eigenvalue weighted by Crippen LogP contribution is 2.34. The largest absolute Gasteiger partial charge is 0.325 e. The average molecular weight is 367 g/mol. The number of carbonyl (C=O) groups excluding carboxylic acids is 2. The summed E-state index contributed by atoms with van der Waals surface area (Å²) in [5.41, 5.74) is -0.745. The van der Waals surface area contributed by atoms with Crippen LogP contribution in [0.25, 0.3) is 0 Å². The molecule has 1 heterocycles. The van der Waals surface area contributed by atoms with Crippen molar-refractivity contribution in [3.05, 3.63) is 69.5 Å². The normalized spacial score (nSPS) is 20.4. The summed E-state index contributed by atoms with van der Waals surface area (Å²) in [4.78, 5) is 26.1. The van der Waals surface area contributed by atoms with E-state index in [1.807, 2.05) is 0 Å². The second kappa shape index (κ2) is 6.07. The van der Waals surface area contributed by atoms with Crippen molar-refractivity contribution in [1.82, 2.24) is 10.2 Å². The Morgan fingerprint density at radius 2 is 1.75 bits per heavy atom. The van der Waals surface area contributed by atoms with Crippen LogP contribution in [-0.2, 0) is 16.9 Å². The Bertz CT molecular complexity index is 823. The van der Waals surface area contributed by atoms with E-state index in [0.29, 0.717) is 10.6 Å². The van der Waals surface area contributed by atoms with E-state index in [0.717, 1.165) is 4.90 Å². The Kier molecular flexibility index (Phi) is 4.24. The Morgan fingerprint density at radius 3 is 2.42 bits per heavy atom. The first-order valence-corrected chi connectivity index (χ1v) is 7.92. The molecule has 1 fully saturated rings. The van der Waals surface area contributed by atoms with E-state index in [9.17, 15) is 14.0 Å². The van der Waals surface area contributed by atoms with Gasteiger partial charge in [0, 0.05) is 21.2 Å². The molecule has 0 radical (unpaired) electrons. The number of halogens is 3. The van der Waals surface area contributed by atoms with Crippen molar-refractivity contribution in [2.75, 3.05) is 0 Å². The summed E-state index contributed by atoms with van der Waals surface area (Å²) in [5.74, 6) is -1.09. The van der Waals surface area contributed by atoms with Crippen LogP contribution in [-0.4, -0.2) is 16.8 Å². The van der Waals surface area contributed by atoms with Gasteiger partial charge in [-0.2, -0.15) is 0 Å². The predicted octanol–water partition coefficient (Wildman–Crippen LogP) is 4.10. The molecule has 24 heavy (non-hydrogen) atoms. The number of nitrogens with one attached hydrogen (secondary N) is 1. The van der Waals surface area contributed by atoms with Gasteiger partial charge in [-0.1, -0.05) is 47.5 Å². The molecule has 0 aliphatic carbocycles. The second-order valence-corrected chi connectivity index (χ2v) is 6.44. The summed E-state index contributed by atoms with van der Waals surface area (Å²) in [6, 6.07) is 10.3. The lowest BCUT2D eigenvalue weighted by molar-refractivity contribution is -0.131. The molecular formula is C17H13Cl2FN2O2. The van der Waals surface area contributed by atoms with Crippen molar-refractivity contribution in [3.8, 4) is 0 Å². The molecule has 3 rings (SSSR count). The lowest BCUT2D eigenvalue weighted by atomic mass is 9.92. The number of hydrogen-bond donors (Lipinski definition) is 1. The topological polar surface area (TPSA) is 49.4 Å². The van der Waals surface area contributed by atoms with Crippen LogP contribution in [0.4, 0.5) is 9.18 Å². The minimum atomic E-state index is -1.31. The molecule has 2 aromatic rings. The molecule has 124 valence electrons. The molecule has 1 aliphatic heterocycles. The Hall–Kier alpha value is -2.11. The maximum absolute atomic E-state index is 14.0. The third-order valence-electron chi connectivity index (χ3n) is 4.07. The van der Waals surface area contributed by atoms with Crippen molar-refractivity contribution in [2.24, 2.45) is 0 Å². The fourth-order valence-electron chi connectivity index (χ4n) is 2.73. The fourth-order valence-corrected chi connectivity index (χ4v) is 3.28. The Balaban J connectivity index is 1.97. The van der Waals surface area contributed by atoms with E-state index in [1.165, 1.54) is 18.2 Å². The van der Waals surface area contributed by atoms with Crippen molar-refractivity contribution >= 4 is 35.1 Å². The van der Waals surface area contributed by atoms with Crippen LogP contribution >= 0.6 is 23.2 Å². The molecule has 3 amide bonds. The molecule has 0 unspecified atom stereocenters. The van der Waals surface area contributed by atoms with Gasteiger partial charge < -0.3 is 5.32 Å². The average Bonchev–Trinajstić information content (AvgIpc) is 2.75. The molecule has 1 aliphatic rings. The van der Waals surface area contributed by atoms with E-state index in [4.69, 9.17) is 23.2 Å². The zero-order valence-corrected chi connectivity index (χ0v) is 14.2. The van der Waals surface area contributed by atoms with Gasteiger partial charge in [0.05, 0.1) is 6.54 Å². The summed E-state index contributed by atoms with van der Waals surface area (Å²) in [6.07, 6.45) is 0. The van der Waals surface area contributed by atoms with Crippen LogP contribution in [0, 0.1) is 5.82 Å².